The number of pyridine rings is 2. The summed E-state index contributed by atoms with van der Waals surface area (Å²) < 4.78 is 5.66. The summed E-state index contributed by atoms with van der Waals surface area (Å²) in [6.07, 6.45) is 5.31. The van der Waals surface area contributed by atoms with Gasteiger partial charge >= 0.3 is 6.09 Å². The van der Waals surface area contributed by atoms with Gasteiger partial charge in [-0.2, -0.15) is 5.10 Å². The van der Waals surface area contributed by atoms with E-state index in [2.05, 4.69) is 16.1 Å². The van der Waals surface area contributed by atoms with Crippen molar-refractivity contribution in [3.05, 3.63) is 63.3 Å². The van der Waals surface area contributed by atoms with Crippen molar-refractivity contribution < 1.29 is 9.53 Å². The van der Waals surface area contributed by atoms with Crippen LogP contribution in [0.1, 0.15) is 80.9 Å². The number of carbonyl (C=O) groups is 1. The Morgan fingerprint density at radius 1 is 1.11 bits per heavy atom. The summed E-state index contributed by atoms with van der Waals surface area (Å²) in [7, 11) is 0. The lowest BCUT2D eigenvalue weighted by molar-refractivity contribution is 0.0216. The highest BCUT2D eigenvalue weighted by Crippen LogP contribution is 2.44. The highest BCUT2D eigenvalue weighted by Gasteiger charge is 2.34. The van der Waals surface area contributed by atoms with Crippen molar-refractivity contribution in [1.29, 1.82) is 0 Å². The quantitative estimate of drug-likeness (QED) is 0.378. The molecular formula is C26H29Cl2N5O2. The minimum Gasteiger partial charge on any atom is -0.444 e. The molecule has 4 heterocycles. The summed E-state index contributed by atoms with van der Waals surface area (Å²) >= 11 is 12.4. The van der Waals surface area contributed by atoms with E-state index in [0.29, 0.717) is 35.1 Å². The number of aromatic nitrogens is 4. The smallest absolute Gasteiger partial charge is 0.410 e. The van der Waals surface area contributed by atoms with Gasteiger partial charge in [-0.05, 0) is 70.2 Å². The van der Waals surface area contributed by atoms with E-state index in [1.54, 1.807) is 11.1 Å². The number of carbonyl (C=O) groups excluding carboxylic acids is 1. The summed E-state index contributed by atoms with van der Waals surface area (Å²) in [5, 5.41) is 9.04. The Morgan fingerprint density at radius 2 is 1.86 bits per heavy atom. The van der Waals surface area contributed by atoms with Crippen LogP contribution in [0.2, 0.25) is 10.2 Å². The van der Waals surface area contributed by atoms with Gasteiger partial charge in [0.2, 0.25) is 0 Å². The average Bonchev–Trinajstić information content (AvgIpc) is 3.13. The number of H-pyrrole nitrogens is 1. The number of hydrogen-bond acceptors (Lipinski definition) is 5. The van der Waals surface area contributed by atoms with E-state index in [0.717, 1.165) is 59.6 Å². The number of ether oxygens (including phenoxy) is 1. The molecule has 0 bridgehead atoms. The van der Waals surface area contributed by atoms with Crippen LogP contribution in [0.25, 0.3) is 11.3 Å². The lowest BCUT2D eigenvalue weighted by atomic mass is 9.78. The predicted molar refractivity (Wildman–Crippen MR) is 136 cm³/mol. The fourth-order valence-electron chi connectivity index (χ4n) is 5.12. The lowest BCUT2D eigenvalue weighted by Gasteiger charge is -2.28. The number of hydrogen-bond donors (Lipinski definition) is 1. The molecule has 3 aromatic heterocycles. The average molecular weight is 514 g/mol. The maximum absolute atomic E-state index is 13.0. The van der Waals surface area contributed by atoms with Gasteiger partial charge in [0.05, 0.1) is 35.2 Å². The van der Waals surface area contributed by atoms with Crippen molar-refractivity contribution in [3.8, 4) is 11.3 Å². The van der Waals surface area contributed by atoms with Gasteiger partial charge in [0.25, 0.3) is 0 Å². The summed E-state index contributed by atoms with van der Waals surface area (Å²) in [5.74, 6) is 0.693. The summed E-state index contributed by atoms with van der Waals surface area (Å²) in [4.78, 5) is 23.9. The third-order valence-corrected chi connectivity index (χ3v) is 7.09. The summed E-state index contributed by atoms with van der Waals surface area (Å²) in [5.41, 5.74) is 5.08. The minimum atomic E-state index is -0.586. The van der Waals surface area contributed by atoms with Crippen LogP contribution in [0.3, 0.4) is 0 Å². The van der Waals surface area contributed by atoms with Gasteiger partial charge in [-0.15, -0.1) is 0 Å². The van der Waals surface area contributed by atoms with Gasteiger partial charge in [0.15, 0.2) is 0 Å². The monoisotopic (exact) mass is 513 g/mol. The summed E-state index contributed by atoms with van der Waals surface area (Å²) in [6, 6.07) is 7.73. The zero-order chi connectivity index (χ0) is 24.7. The van der Waals surface area contributed by atoms with Crippen LogP contribution in [-0.4, -0.2) is 36.8 Å². The first-order valence-corrected chi connectivity index (χ1v) is 12.8. The molecule has 1 N–H and O–H groups in total. The highest BCUT2D eigenvalue weighted by atomic mass is 35.5. The normalized spacial score (nSPS) is 20.1. The van der Waals surface area contributed by atoms with E-state index in [1.165, 1.54) is 0 Å². The molecule has 9 heteroatoms. The molecule has 1 fully saturated rings. The van der Waals surface area contributed by atoms with Gasteiger partial charge < -0.3 is 4.74 Å². The predicted octanol–water partition coefficient (Wildman–Crippen LogP) is 6.87. The van der Waals surface area contributed by atoms with E-state index in [1.807, 2.05) is 39.0 Å². The highest BCUT2D eigenvalue weighted by molar-refractivity contribution is 6.30. The Kier molecular flexibility index (Phi) is 6.49. The molecule has 7 nitrogen and oxygen atoms in total. The largest absolute Gasteiger partial charge is 0.444 e. The molecule has 0 saturated heterocycles. The molecule has 0 unspecified atom stereocenters. The van der Waals surface area contributed by atoms with Crippen LogP contribution in [0.5, 0.6) is 0 Å². The Morgan fingerprint density at radius 3 is 2.57 bits per heavy atom. The molecule has 1 amide bonds. The van der Waals surface area contributed by atoms with Gasteiger partial charge in [0, 0.05) is 29.3 Å². The van der Waals surface area contributed by atoms with Crippen LogP contribution in [0.15, 0.2) is 30.5 Å². The van der Waals surface area contributed by atoms with Crippen LogP contribution >= 0.6 is 23.2 Å². The second-order valence-corrected chi connectivity index (χ2v) is 11.2. The van der Waals surface area contributed by atoms with E-state index in [9.17, 15) is 4.79 Å². The molecule has 1 saturated carbocycles. The first-order valence-electron chi connectivity index (χ1n) is 12.0. The standard InChI is InChI=1S/C26H29Cl2N5O2/c1-26(2,3)35-25(34)33-13-17-11-18(27)12-29-23(17)22-20(14-33)31-32-24(22)16-9-7-15(8-10-16)19-5-4-6-21(28)30-19/h4-6,11-12,15-16H,7-10,13-14H2,1-3H3,(H,31,32). The van der Waals surface area contributed by atoms with Gasteiger partial charge in [-0.1, -0.05) is 29.3 Å². The number of fused-ring (bicyclic) bond motifs is 3. The van der Waals surface area contributed by atoms with Crippen molar-refractivity contribution in [2.24, 2.45) is 0 Å². The topological polar surface area (TPSA) is 84.0 Å². The van der Waals surface area contributed by atoms with Crippen LogP contribution in [0.4, 0.5) is 4.79 Å². The molecule has 35 heavy (non-hydrogen) atoms. The first-order chi connectivity index (χ1) is 16.7. The number of nitrogens with one attached hydrogen (secondary N) is 1. The molecule has 5 rings (SSSR count). The second-order valence-electron chi connectivity index (χ2n) is 10.4. The van der Waals surface area contributed by atoms with E-state index in [4.69, 9.17) is 38.0 Å². The fourth-order valence-corrected chi connectivity index (χ4v) is 5.47. The van der Waals surface area contributed by atoms with Gasteiger partial charge in [0.1, 0.15) is 10.8 Å². The molecule has 0 spiro atoms. The fraction of sp³-hybridized carbons (Fsp3) is 0.462. The van der Waals surface area contributed by atoms with Crippen LogP contribution < -0.4 is 0 Å². The number of nitrogens with zero attached hydrogens (tertiary/aromatic N) is 4. The number of halogens is 2. The first kappa shape index (κ1) is 24.1. The molecule has 3 aromatic rings. The molecule has 2 aliphatic rings. The molecule has 1 aliphatic carbocycles. The van der Waals surface area contributed by atoms with Crippen LogP contribution in [0, 0.1) is 0 Å². The van der Waals surface area contributed by atoms with Crippen LogP contribution in [-0.2, 0) is 17.8 Å². The second kappa shape index (κ2) is 9.43. The van der Waals surface area contributed by atoms with Gasteiger partial charge in [-0.25, -0.2) is 9.78 Å². The Bertz CT molecular complexity index is 1240. The summed E-state index contributed by atoms with van der Waals surface area (Å²) in [6.45, 7) is 6.33. The molecular weight excluding hydrogens is 485 g/mol. The van der Waals surface area contributed by atoms with E-state index in [-0.39, 0.29) is 6.09 Å². The van der Waals surface area contributed by atoms with Crippen molar-refractivity contribution in [3.63, 3.8) is 0 Å². The van der Waals surface area contributed by atoms with Crippen molar-refractivity contribution >= 4 is 29.3 Å². The lowest BCUT2D eigenvalue weighted by Crippen LogP contribution is -2.35. The number of rotatable bonds is 2. The Balaban J connectivity index is 1.44. The molecule has 0 radical (unpaired) electrons. The van der Waals surface area contributed by atoms with Crippen molar-refractivity contribution in [2.45, 2.75) is 77.0 Å². The molecule has 0 aromatic carbocycles. The molecule has 1 aliphatic heterocycles. The van der Waals surface area contributed by atoms with Crippen molar-refractivity contribution in [1.82, 2.24) is 25.1 Å². The zero-order valence-corrected chi connectivity index (χ0v) is 21.7. The minimum absolute atomic E-state index is 0.295. The molecule has 0 atom stereocenters. The van der Waals surface area contributed by atoms with E-state index < -0.39 is 5.60 Å². The maximum Gasteiger partial charge on any atom is 0.410 e. The third kappa shape index (κ3) is 5.16. The number of aromatic amines is 1. The van der Waals surface area contributed by atoms with Gasteiger partial charge in [-0.3, -0.25) is 15.0 Å². The van der Waals surface area contributed by atoms with Crippen molar-refractivity contribution in [2.75, 3.05) is 0 Å². The zero-order valence-electron chi connectivity index (χ0n) is 20.1. The van der Waals surface area contributed by atoms with E-state index >= 15 is 0 Å². The SMILES string of the molecule is CC(C)(C)OC(=O)N1Cc2cc(Cl)cnc2-c2c(C3CCC(c4cccc(Cl)n4)CC3)n[nH]c2C1. The Labute approximate surface area is 215 Å². The molecule has 184 valence electrons. The maximum atomic E-state index is 13.0. The Hall–Kier alpha value is -2.64. The third-order valence-electron chi connectivity index (χ3n) is 6.67. The number of amides is 1.